The summed E-state index contributed by atoms with van der Waals surface area (Å²) in [6.45, 7) is 3.73. The molecule has 1 fully saturated rings. The smallest absolute Gasteiger partial charge is 0.134 e. The molecule has 2 heterocycles. The summed E-state index contributed by atoms with van der Waals surface area (Å²) in [5.41, 5.74) is 0. The van der Waals surface area contributed by atoms with Gasteiger partial charge in [0.1, 0.15) is 17.3 Å². The van der Waals surface area contributed by atoms with E-state index in [0.717, 1.165) is 25.5 Å². The van der Waals surface area contributed by atoms with Crippen molar-refractivity contribution in [3.05, 3.63) is 17.5 Å². The van der Waals surface area contributed by atoms with Crippen LogP contribution in [0, 0.1) is 5.92 Å². The highest BCUT2D eigenvalue weighted by atomic mass is 35.5. The van der Waals surface area contributed by atoms with Crippen molar-refractivity contribution in [2.24, 2.45) is 5.92 Å². The van der Waals surface area contributed by atoms with E-state index >= 15 is 0 Å². The van der Waals surface area contributed by atoms with E-state index < -0.39 is 0 Å². The minimum Gasteiger partial charge on any atom is -0.379 e. The van der Waals surface area contributed by atoms with Crippen LogP contribution in [0.25, 0.3) is 0 Å². The molecule has 82 valence electrons. The van der Waals surface area contributed by atoms with Gasteiger partial charge in [0.05, 0.1) is 19.3 Å². The van der Waals surface area contributed by atoms with E-state index in [1.807, 2.05) is 0 Å². The van der Waals surface area contributed by atoms with Crippen LogP contribution in [-0.4, -0.2) is 29.2 Å². The Bertz CT molecular complexity index is 334. The number of halogens is 1. The number of nitrogens with one attached hydrogen (secondary N) is 1. The van der Waals surface area contributed by atoms with Gasteiger partial charge in [-0.1, -0.05) is 18.5 Å². The highest BCUT2D eigenvalue weighted by Gasteiger charge is 2.26. The second-order valence-electron chi connectivity index (χ2n) is 3.68. The standard InChI is InChI=1S/C10H14ClN3O/c1-2-7-4-15-5-8(7)14-10-3-9(11)12-6-13-10/h3,6-8H,2,4-5H2,1H3,(H,12,13,14). The predicted molar refractivity (Wildman–Crippen MR) is 59.1 cm³/mol. The Labute approximate surface area is 94.0 Å². The molecule has 5 heteroatoms. The molecule has 0 saturated carbocycles. The van der Waals surface area contributed by atoms with Crippen molar-refractivity contribution >= 4 is 17.4 Å². The third-order valence-corrected chi connectivity index (χ3v) is 2.90. The molecule has 2 unspecified atom stereocenters. The minimum atomic E-state index is 0.334. The van der Waals surface area contributed by atoms with Crippen LogP contribution < -0.4 is 5.32 Å². The van der Waals surface area contributed by atoms with E-state index in [9.17, 15) is 0 Å². The number of hydrogen-bond donors (Lipinski definition) is 1. The van der Waals surface area contributed by atoms with Crippen molar-refractivity contribution in [3.8, 4) is 0 Å². The lowest BCUT2D eigenvalue weighted by Gasteiger charge is -2.17. The first-order chi connectivity index (χ1) is 7.29. The Morgan fingerprint density at radius 3 is 3.13 bits per heavy atom. The Hall–Kier alpha value is -0.870. The molecule has 1 aromatic rings. The average Bonchev–Trinajstić information content (AvgIpc) is 2.65. The third-order valence-electron chi connectivity index (χ3n) is 2.69. The van der Waals surface area contributed by atoms with Crippen LogP contribution in [0.15, 0.2) is 12.4 Å². The van der Waals surface area contributed by atoms with Crippen molar-refractivity contribution in [3.63, 3.8) is 0 Å². The topological polar surface area (TPSA) is 47.0 Å². The summed E-state index contributed by atoms with van der Waals surface area (Å²) in [7, 11) is 0. The fourth-order valence-corrected chi connectivity index (χ4v) is 1.91. The number of ether oxygens (including phenoxy) is 1. The van der Waals surface area contributed by atoms with Gasteiger partial charge >= 0.3 is 0 Å². The monoisotopic (exact) mass is 227 g/mol. The van der Waals surface area contributed by atoms with Gasteiger partial charge in [0.25, 0.3) is 0 Å². The van der Waals surface area contributed by atoms with E-state index in [-0.39, 0.29) is 0 Å². The minimum absolute atomic E-state index is 0.334. The molecule has 2 rings (SSSR count). The Kier molecular flexibility index (Phi) is 3.38. The molecule has 2 atom stereocenters. The van der Waals surface area contributed by atoms with Crippen molar-refractivity contribution in [2.75, 3.05) is 18.5 Å². The number of rotatable bonds is 3. The van der Waals surface area contributed by atoms with Gasteiger partial charge in [0.15, 0.2) is 0 Å². The molecule has 0 aliphatic carbocycles. The summed E-state index contributed by atoms with van der Waals surface area (Å²) in [6.07, 6.45) is 2.57. The number of aromatic nitrogens is 2. The van der Waals surface area contributed by atoms with E-state index in [2.05, 4.69) is 22.2 Å². The SMILES string of the molecule is CCC1COCC1Nc1cc(Cl)ncn1. The van der Waals surface area contributed by atoms with Crippen LogP contribution in [0.5, 0.6) is 0 Å². The van der Waals surface area contributed by atoms with Crippen molar-refractivity contribution < 1.29 is 4.74 Å². The molecule has 1 aliphatic heterocycles. The van der Waals surface area contributed by atoms with Gasteiger partial charge in [-0.2, -0.15) is 0 Å². The Morgan fingerprint density at radius 1 is 1.53 bits per heavy atom. The highest BCUT2D eigenvalue weighted by molar-refractivity contribution is 6.29. The van der Waals surface area contributed by atoms with Gasteiger partial charge in [-0.05, 0) is 6.42 Å². The summed E-state index contributed by atoms with van der Waals surface area (Å²) >= 11 is 5.78. The molecule has 1 aromatic heterocycles. The first-order valence-electron chi connectivity index (χ1n) is 5.11. The molecule has 1 aliphatic rings. The average molecular weight is 228 g/mol. The second-order valence-corrected chi connectivity index (χ2v) is 4.07. The first kappa shape index (κ1) is 10.6. The maximum atomic E-state index is 5.78. The maximum Gasteiger partial charge on any atom is 0.134 e. The highest BCUT2D eigenvalue weighted by Crippen LogP contribution is 2.21. The normalized spacial score (nSPS) is 25.5. The molecule has 0 spiro atoms. The van der Waals surface area contributed by atoms with Gasteiger partial charge in [-0.25, -0.2) is 9.97 Å². The van der Waals surface area contributed by atoms with Gasteiger partial charge in [-0.15, -0.1) is 0 Å². The van der Waals surface area contributed by atoms with Crippen LogP contribution in [0.1, 0.15) is 13.3 Å². The molecule has 0 aromatic carbocycles. The molecule has 0 bridgehead atoms. The van der Waals surface area contributed by atoms with Crippen LogP contribution in [0.4, 0.5) is 5.82 Å². The molecule has 0 amide bonds. The first-order valence-corrected chi connectivity index (χ1v) is 5.49. The van der Waals surface area contributed by atoms with Gasteiger partial charge < -0.3 is 10.1 Å². The van der Waals surface area contributed by atoms with Gasteiger partial charge in [-0.3, -0.25) is 0 Å². The fourth-order valence-electron chi connectivity index (χ4n) is 1.76. The lowest BCUT2D eigenvalue weighted by molar-refractivity contribution is 0.184. The van der Waals surface area contributed by atoms with Crippen LogP contribution in [0.2, 0.25) is 5.15 Å². The molecular formula is C10H14ClN3O. The largest absolute Gasteiger partial charge is 0.379 e. The predicted octanol–water partition coefficient (Wildman–Crippen LogP) is 1.97. The van der Waals surface area contributed by atoms with E-state index in [0.29, 0.717) is 17.1 Å². The van der Waals surface area contributed by atoms with E-state index in [1.165, 1.54) is 6.33 Å². The van der Waals surface area contributed by atoms with Crippen molar-refractivity contribution in [1.82, 2.24) is 9.97 Å². The van der Waals surface area contributed by atoms with Gasteiger partial charge in [0, 0.05) is 12.0 Å². The second kappa shape index (κ2) is 4.77. The van der Waals surface area contributed by atoms with Crippen LogP contribution >= 0.6 is 11.6 Å². The van der Waals surface area contributed by atoms with Crippen LogP contribution in [-0.2, 0) is 4.74 Å². The molecule has 1 N–H and O–H groups in total. The Morgan fingerprint density at radius 2 is 2.40 bits per heavy atom. The summed E-state index contributed by atoms with van der Waals surface area (Å²) in [6, 6.07) is 2.06. The summed E-state index contributed by atoms with van der Waals surface area (Å²) in [5.74, 6) is 1.32. The summed E-state index contributed by atoms with van der Waals surface area (Å²) < 4.78 is 5.42. The number of nitrogens with zero attached hydrogens (tertiary/aromatic N) is 2. The molecular weight excluding hydrogens is 214 g/mol. The van der Waals surface area contributed by atoms with E-state index in [4.69, 9.17) is 16.3 Å². The molecule has 4 nitrogen and oxygen atoms in total. The summed E-state index contributed by atoms with van der Waals surface area (Å²) in [5, 5.41) is 3.78. The Balaban J connectivity index is 2.02. The molecule has 0 radical (unpaired) electrons. The fraction of sp³-hybridized carbons (Fsp3) is 0.600. The lowest BCUT2D eigenvalue weighted by Crippen LogP contribution is -2.27. The third kappa shape index (κ3) is 2.58. The van der Waals surface area contributed by atoms with Crippen molar-refractivity contribution in [1.29, 1.82) is 0 Å². The van der Waals surface area contributed by atoms with Gasteiger partial charge in [0.2, 0.25) is 0 Å². The molecule has 15 heavy (non-hydrogen) atoms. The zero-order valence-corrected chi connectivity index (χ0v) is 9.37. The maximum absolute atomic E-state index is 5.78. The summed E-state index contributed by atoms with van der Waals surface area (Å²) in [4.78, 5) is 7.95. The van der Waals surface area contributed by atoms with Crippen molar-refractivity contribution in [2.45, 2.75) is 19.4 Å². The van der Waals surface area contributed by atoms with E-state index in [1.54, 1.807) is 6.07 Å². The van der Waals surface area contributed by atoms with Crippen LogP contribution in [0.3, 0.4) is 0 Å². The number of hydrogen-bond acceptors (Lipinski definition) is 4. The molecule has 1 saturated heterocycles. The number of anilines is 1. The lowest BCUT2D eigenvalue weighted by atomic mass is 10.0. The zero-order valence-electron chi connectivity index (χ0n) is 8.61. The zero-order chi connectivity index (χ0) is 10.7. The quantitative estimate of drug-likeness (QED) is 0.802.